The second-order valence-corrected chi connectivity index (χ2v) is 6.48. The van der Waals surface area contributed by atoms with Gasteiger partial charge in [-0.15, -0.1) is 0 Å². The predicted molar refractivity (Wildman–Crippen MR) is 73.0 cm³/mol. The number of phosphoric acid groups is 1. The largest absolute Gasteiger partial charge is 0.469 e. The molecule has 1 aromatic heterocycles. The van der Waals surface area contributed by atoms with Gasteiger partial charge in [0.2, 0.25) is 0 Å². The van der Waals surface area contributed by atoms with Gasteiger partial charge < -0.3 is 30.5 Å². The second kappa shape index (κ2) is 6.06. The summed E-state index contributed by atoms with van der Waals surface area (Å²) < 4.78 is 21.8. The van der Waals surface area contributed by atoms with E-state index in [4.69, 9.17) is 20.3 Å². The number of ether oxygens (including phenoxy) is 1. The fourth-order valence-electron chi connectivity index (χ4n) is 2.48. The van der Waals surface area contributed by atoms with E-state index in [1.165, 1.54) is 10.9 Å². The Morgan fingerprint density at radius 2 is 2.12 bits per heavy atom. The van der Waals surface area contributed by atoms with E-state index in [0.717, 1.165) is 0 Å². The van der Waals surface area contributed by atoms with Crippen LogP contribution >= 0.6 is 7.82 Å². The molecule has 2 aliphatic rings. The van der Waals surface area contributed by atoms with Crippen molar-refractivity contribution in [2.24, 2.45) is 10.7 Å². The third kappa shape index (κ3) is 3.03. The number of phosphoric ester groups is 1. The van der Waals surface area contributed by atoms with Gasteiger partial charge in [-0.3, -0.25) is 14.3 Å². The van der Waals surface area contributed by atoms with Gasteiger partial charge in [-0.1, -0.05) is 0 Å². The summed E-state index contributed by atoms with van der Waals surface area (Å²) in [7, 11) is -4.74. The van der Waals surface area contributed by atoms with Crippen LogP contribution in [-0.4, -0.2) is 71.4 Å². The van der Waals surface area contributed by atoms with E-state index < -0.39 is 39.0 Å². The number of hydrogen-bond donors (Lipinski definition) is 6. The molecule has 0 saturated carbocycles. The first kappa shape index (κ1) is 17.3. The molecule has 0 unspecified atom stereocenters. The molecule has 7 N–H and O–H groups in total. The lowest BCUT2D eigenvalue weighted by molar-refractivity contribution is -0.0554. The van der Waals surface area contributed by atoms with E-state index in [0.29, 0.717) is 5.06 Å². The first-order chi connectivity index (χ1) is 11.2. The van der Waals surface area contributed by atoms with Gasteiger partial charge in [-0.2, -0.15) is 0 Å². The molecule has 0 spiro atoms. The first-order valence-electron chi connectivity index (χ1n) is 6.74. The van der Waals surface area contributed by atoms with E-state index >= 15 is 0 Å². The number of aliphatic hydroxyl groups is 2. The summed E-state index contributed by atoms with van der Waals surface area (Å²) in [6.07, 6.45) is -3.90. The van der Waals surface area contributed by atoms with Crippen LogP contribution in [0.2, 0.25) is 0 Å². The van der Waals surface area contributed by atoms with Gasteiger partial charge in [0.15, 0.2) is 17.5 Å². The average Bonchev–Trinajstić information content (AvgIpc) is 3.04. The van der Waals surface area contributed by atoms with Gasteiger partial charge in [0.05, 0.1) is 12.9 Å². The van der Waals surface area contributed by atoms with Crippen molar-refractivity contribution >= 4 is 13.6 Å². The van der Waals surface area contributed by atoms with E-state index in [2.05, 4.69) is 14.5 Å². The Labute approximate surface area is 134 Å². The molecule has 13 nitrogen and oxygen atoms in total. The van der Waals surface area contributed by atoms with Crippen molar-refractivity contribution in [1.29, 1.82) is 0 Å². The maximum absolute atomic E-state index is 10.7. The molecule has 0 radical (unpaired) electrons. The SMILES string of the molecule is NC1=c2ncn([C@@H]3O[C@H](COP(=O)(O)O)[C@@H](O)[C@H]3O)c2=NCN1O. The number of imidazole rings is 1. The standard InChI is InChI=1S/C10H16N5O8P/c11-8-5-9(13-3-15(8)18)14(2-12-5)10-7(17)6(16)4(23-10)1-22-24(19,20)21/h2,4,6-7,10,16-18H,1,3,11H2,(H2,19,20,21)/t4-,6-,7-,10-/m1/s1. The van der Waals surface area contributed by atoms with Gasteiger partial charge >= 0.3 is 7.82 Å². The van der Waals surface area contributed by atoms with Gasteiger partial charge in [0, 0.05) is 0 Å². The number of nitrogens with zero attached hydrogens (tertiary/aromatic N) is 4. The number of hydrogen-bond acceptors (Lipinski definition) is 10. The topological polar surface area (TPSA) is 196 Å². The Kier molecular flexibility index (Phi) is 4.36. The van der Waals surface area contributed by atoms with Crippen molar-refractivity contribution in [2.75, 3.05) is 13.3 Å². The van der Waals surface area contributed by atoms with Crippen LogP contribution in [0.15, 0.2) is 11.3 Å². The molecule has 0 bridgehead atoms. The summed E-state index contributed by atoms with van der Waals surface area (Å²) in [4.78, 5) is 25.4. The van der Waals surface area contributed by atoms with Crippen molar-refractivity contribution in [1.82, 2.24) is 14.6 Å². The molecular weight excluding hydrogens is 349 g/mol. The summed E-state index contributed by atoms with van der Waals surface area (Å²) >= 11 is 0. The van der Waals surface area contributed by atoms with Crippen LogP contribution in [0.25, 0.3) is 5.82 Å². The molecule has 4 atom stereocenters. The zero-order valence-electron chi connectivity index (χ0n) is 12.1. The molecule has 1 aromatic rings. The first-order valence-corrected chi connectivity index (χ1v) is 8.27. The molecule has 1 saturated heterocycles. The van der Waals surface area contributed by atoms with E-state index in [1.807, 2.05) is 0 Å². The molecule has 14 heteroatoms. The minimum absolute atomic E-state index is 0.0341. The van der Waals surface area contributed by atoms with Crippen LogP contribution < -0.4 is 16.6 Å². The van der Waals surface area contributed by atoms with Crippen molar-refractivity contribution < 1.29 is 39.0 Å². The van der Waals surface area contributed by atoms with Crippen LogP contribution in [0, 0.1) is 0 Å². The van der Waals surface area contributed by atoms with Crippen molar-refractivity contribution in [3.05, 3.63) is 17.2 Å². The molecule has 134 valence electrons. The highest BCUT2D eigenvalue weighted by Crippen LogP contribution is 2.38. The van der Waals surface area contributed by atoms with Gasteiger partial charge in [-0.05, 0) is 0 Å². The summed E-state index contributed by atoms with van der Waals surface area (Å²) in [5, 5.41) is 30.5. The Balaban J connectivity index is 1.87. The highest BCUT2D eigenvalue weighted by atomic mass is 31.2. The number of aromatic nitrogens is 2. The van der Waals surface area contributed by atoms with E-state index in [1.54, 1.807) is 0 Å². The summed E-state index contributed by atoms with van der Waals surface area (Å²) in [5.41, 5.74) is 5.91. The second-order valence-electron chi connectivity index (χ2n) is 5.24. The van der Waals surface area contributed by atoms with Gasteiger partial charge in [0.25, 0.3) is 0 Å². The number of rotatable bonds is 4. The maximum Gasteiger partial charge on any atom is 0.469 e. The van der Waals surface area contributed by atoms with Crippen LogP contribution in [0.1, 0.15) is 6.23 Å². The Bertz CT molecular complexity index is 792. The Hall–Kier alpha value is -1.57. The maximum atomic E-state index is 10.7. The fraction of sp³-hybridized carbons (Fsp3) is 0.600. The molecule has 3 heterocycles. The zero-order chi connectivity index (χ0) is 17.6. The minimum atomic E-state index is -4.74. The lowest BCUT2D eigenvalue weighted by atomic mass is 10.1. The minimum Gasteiger partial charge on any atom is -0.387 e. The average molecular weight is 365 g/mol. The smallest absolute Gasteiger partial charge is 0.387 e. The monoisotopic (exact) mass is 365 g/mol. The van der Waals surface area contributed by atoms with Crippen LogP contribution in [0.3, 0.4) is 0 Å². The van der Waals surface area contributed by atoms with E-state index in [9.17, 15) is 20.0 Å². The quantitative estimate of drug-likeness (QED) is 0.284. The molecule has 1 fully saturated rings. The summed E-state index contributed by atoms with van der Waals surface area (Å²) in [6, 6.07) is 0. The zero-order valence-corrected chi connectivity index (χ0v) is 13.0. The molecule has 24 heavy (non-hydrogen) atoms. The lowest BCUT2D eigenvalue weighted by Gasteiger charge is -2.19. The Morgan fingerprint density at radius 1 is 1.42 bits per heavy atom. The summed E-state index contributed by atoms with van der Waals surface area (Å²) in [5.74, 6) is -0.0341. The molecule has 0 amide bonds. The number of aliphatic hydroxyl groups excluding tert-OH is 2. The van der Waals surface area contributed by atoms with Crippen LogP contribution in [0.4, 0.5) is 0 Å². The number of fused-ring (bicyclic) bond motifs is 1. The third-order valence-corrected chi connectivity index (χ3v) is 4.15. The van der Waals surface area contributed by atoms with Gasteiger partial charge in [-0.25, -0.2) is 19.6 Å². The highest BCUT2D eigenvalue weighted by Gasteiger charge is 2.45. The third-order valence-electron chi connectivity index (χ3n) is 3.66. The van der Waals surface area contributed by atoms with Crippen molar-refractivity contribution in [3.8, 4) is 0 Å². The van der Waals surface area contributed by atoms with Gasteiger partial charge in [0.1, 0.15) is 30.3 Å². The van der Waals surface area contributed by atoms with E-state index in [-0.39, 0.29) is 23.3 Å². The highest BCUT2D eigenvalue weighted by molar-refractivity contribution is 7.46. The van der Waals surface area contributed by atoms with Crippen LogP contribution in [0.5, 0.6) is 0 Å². The number of nitrogens with two attached hydrogens (primary N) is 1. The molecule has 0 aromatic carbocycles. The fourth-order valence-corrected chi connectivity index (χ4v) is 2.82. The lowest BCUT2D eigenvalue weighted by Crippen LogP contribution is -2.46. The van der Waals surface area contributed by atoms with Crippen LogP contribution in [-0.2, 0) is 13.8 Å². The molecule has 0 aliphatic carbocycles. The molecule has 2 aliphatic heterocycles. The molecular formula is C10H16N5O8P. The summed E-state index contributed by atoms with van der Waals surface area (Å²) in [6.45, 7) is -0.771. The number of hydroxylamine groups is 2. The van der Waals surface area contributed by atoms with Crippen molar-refractivity contribution in [3.63, 3.8) is 0 Å². The normalized spacial score (nSPS) is 30.4. The predicted octanol–water partition coefficient (Wildman–Crippen LogP) is -4.08. The van der Waals surface area contributed by atoms with Crippen molar-refractivity contribution in [2.45, 2.75) is 24.5 Å². The molecule has 3 rings (SSSR count). The Morgan fingerprint density at radius 3 is 2.79 bits per heavy atom.